The molecule has 0 fully saturated rings. The summed E-state index contributed by atoms with van der Waals surface area (Å²) in [6.45, 7) is 7.90. The molecular formula is C11H17ClN2O2. The highest BCUT2D eigenvalue weighted by atomic mass is 35.5. The average Bonchev–Trinajstić information content (AvgIpc) is 2.53. The number of oxazole rings is 1. The SMILES string of the molecule is Cc1nc(C)c(C(=O)N(CCCl)C(C)C)o1. The summed E-state index contributed by atoms with van der Waals surface area (Å²) in [6.07, 6.45) is 0. The van der Waals surface area contributed by atoms with E-state index >= 15 is 0 Å². The van der Waals surface area contributed by atoms with E-state index in [-0.39, 0.29) is 11.9 Å². The predicted octanol–water partition coefficient (Wildman–Crippen LogP) is 2.38. The summed E-state index contributed by atoms with van der Waals surface area (Å²) in [6, 6.07) is 0.0936. The van der Waals surface area contributed by atoms with Gasteiger partial charge in [-0.1, -0.05) is 0 Å². The molecular weight excluding hydrogens is 228 g/mol. The number of amides is 1. The number of aromatic nitrogens is 1. The Kier molecular flexibility index (Phi) is 4.35. The van der Waals surface area contributed by atoms with Crippen molar-refractivity contribution in [2.45, 2.75) is 33.7 Å². The Bertz CT molecular complexity index is 374. The fourth-order valence-corrected chi connectivity index (χ4v) is 1.73. The molecule has 0 saturated heterocycles. The second kappa shape index (κ2) is 5.34. The van der Waals surface area contributed by atoms with E-state index in [0.29, 0.717) is 29.8 Å². The number of hydrogen-bond donors (Lipinski definition) is 0. The van der Waals surface area contributed by atoms with Crippen molar-refractivity contribution in [1.82, 2.24) is 9.88 Å². The van der Waals surface area contributed by atoms with Gasteiger partial charge in [0, 0.05) is 25.4 Å². The first-order valence-electron chi connectivity index (χ1n) is 5.28. The van der Waals surface area contributed by atoms with Crippen LogP contribution < -0.4 is 0 Å². The number of aryl methyl sites for hydroxylation is 2. The van der Waals surface area contributed by atoms with E-state index in [1.807, 2.05) is 13.8 Å². The molecule has 0 aliphatic heterocycles. The minimum atomic E-state index is -0.145. The van der Waals surface area contributed by atoms with Crippen LogP contribution >= 0.6 is 11.6 Å². The Labute approximate surface area is 101 Å². The van der Waals surface area contributed by atoms with Crippen LogP contribution in [0.1, 0.15) is 36.0 Å². The maximum absolute atomic E-state index is 12.1. The average molecular weight is 245 g/mol. The van der Waals surface area contributed by atoms with Gasteiger partial charge in [0.1, 0.15) is 0 Å². The summed E-state index contributed by atoms with van der Waals surface area (Å²) in [7, 11) is 0. The largest absolute Gasteiger partial charge is 0.436 e. The first-order valence-corrected chi connectivity index (χ1v) is 5.81. The van der Waals surface area contributed by atoms with E-state index in [1.165, 1.54) is 0 Å². The van der Waals surface area contributed by atoms with Gasteiger partial charge in [0.25, 0.3) is 5.91 Å². The van der Waals surface area contributed by atoms with Gasteiger partial charge in [-0.05, 0) is 20.8 Å². The van der Waals surface area contributed by atoms with Crippen molar-refractivity contribution in [2.75, 3.05) is 12.4 Å². The standard InChI is InChI=1S/C11H17ClN2O2/c1-7(2)14(6-5-12)11(15)10-8(3)13-9(4)16-10/h7H,5-6H2,1-4H3. The molecule has 1 heterocycles. The Morgan fingerprint density at radius 2 is 2.12 bits per heavy atom. The fourth-order valence-electron chi connectivity index (χ4n) is 1.55. The zero-order valence-electron chi connectivity index (χ0n) is 10.1. The van der Waals surface area contributed by atoms with E-state index in [0.717, 1.165) is 0 Å². The summed E-state index contributed by atoms with van der Waals surface area (Å²) in [5.74, 6) is 1.09. The van der Waals surface area contributed by atoms with Gasteiger partial charge in [-0.15, -0.1) is 11.6 Å². The van der Waals surface area contributed by atoms with Crippen LogP contribution in [-0.4, -0.2) is 34.3 Å². The van der Waals surface area contributed by atoms with Crippen LogP contribution in [0.15, 0.2) is 4.42 Å². The quantitative estimate of drug-likeness (QED) is 0.764. The van der Waals surface area contributed by atoms with Gasteiger partial charge in [-0.2, -0.15) is 0 Å². The molecule has 1 aromatic heterocycles. The Morgan fingerprint density at radius 3 is 2.50 bits per heavy atom. The number of nitrogens with zero attached hydrogens (tertiary/aromatic N) is 2. The van der Waals surface area contributed by atoms with Crippen molar-refractivity contribution >= 4 is 17.5 Å². The van der Waals surface area contributed by atoms with Crippen molar-refractivity contribution in [3.8, 4) is 0 Å². The molecule has 1 amide bonds. The van der Waals surface area contributed by atoms with Gasteiger partial charge < -0.3 is 9.32 Å². The lowest BCUT2D eigenvalue weighted by atomic mass is 10.2. The number of carbonyl (C=O) groups is 1. The van der Waals surface area contributed by atoms with E-state index in [1.54, 1.807) is 18.7 Å². The van der Waals surface area contributed by atoms with Crippen molar-refractivity contribution < 1.29 is 9.21 Å². The number of hydrogen-bond acceptors (Lipinski definition) is 3. The molecule has 0 aromatic carbocycles. The lowest BCUT2D eigenvalue weighted by Gasteiger charge is -2.24. The topological polar surface area (TPSA) is 46.3 Å². The lowest BCUT2D eigenvalue weighted by Crippen LogP contribution is -2.38. The van der Waals surface area contributed by atoms with Crippen LogP contribution in [0.5, 0.6) is 0 Å². The normalized spacial score (nSPS) is 10.9. The van der Waals surface area contributed by atoms with Crippen molar-refractivity contribution in [3.63, 3.8) is 0 Å². The second-order valence-corrected chi connectivity index (χ2v) is 4.31. The van der Waals surface area contributed by atoms with E-state index in [2.05, 4.69) is 4.98 Å². The third kappa shape index (κ3) is 2.76. The molecule has 0 N–H and O–H groups in total. The third-order valence-corrected chi connectivity index (χ3v) is 2.48. The molecule has 4 nitrogen and oxygen atoms in total. The number of halogens is 1. The molecule has 0 aliphatic carbocycles. The summed E-state index contributed by atoms with van der Waals surface area (Å²) < 4.78 is 5.31. The van der Waals surface area contributed by atoms with Crippen molar-refractivity contribution in [3.05, 3.63) is 17.3 Å². The zero-order chi connectivity index (χ0) is 12.3. The first kappa shape index (κ1) is 13.0. The highest BCUT2D eigenvalue weighted by Gasteiger charge is 2.23. The smallest absolute Gasteiger partial charge is 0.291 e. The molecule has 5 heteroatoms. The van der Waals surface area contributed by atoms with Crippen LogP contribution in [0, 0.1) is 13.8 Å². The molecule has 1 rings (SSSR count). The molecule has 0 bridgehead atoms. The molecule has 0 aliphatic rings. The number of alkyl halides is 1. The van der Waals surface area contributed by atoms with Crippen LogP contribution in [-0.2, 0) is 0 Å². The molecule has 0 radical (unpaired) electrons. The van der Waals surface area contributed by atoms with Gasteiger partial charge in [-0.25, -0.2) is 4.98 Å². The highest BCUT2D eigenvalue weighted by Crippen LogP contribution is 2.14. The highest BCUT2D eigenvalue weighted by molar-refractivity contribution is 6.18. The van der Waals surface area contributed by atoms with Gasteiger partial charge >= 0.3 is 0 Å². The van der Waals surface area contributed by atoms with Gasteiger partial charge in [0.2, 0.25) is 5.76 Å². The molecule has 90 valence electrons. The maximum atomic E-state index is 12.1. The molecule has 0 saturated carbocycles. The predicted molar refractivity (Wildman–Crippen MR) is 62.9 cm³/mol. The van der Waals surface area contributed by atoms with E-state index < -0.39 is 0 Å². The monoisotopic (exact) mass is 244 g/mol. The van der Waals surface area contributed by atoms with Crippen LogP contribution in [0.2, 0.25) is 0 Å². The first-order chi connectivity index (χ1) is 7.47. The maximum Gasteiger partial charge on any atom is 0.291 e. The zero-order valence-corrected chi connectivity index (χ0v) is 10.8. The minimum Gasteiger partial charge on any atom is -0.436 e. The van der Waals surface area contributed by atoms with Crippen LogP contribution in [0.4, 0.5) is 0 Å². The summed E-state index contributed by atoms with van der Waals surface area (Å²) in [5.41, 5.74) is 0.628. The number of rotatable bonds is 4. The second-order valence-electron chi connectivity index (χ2n) is 3.93. The molecule has 1 aromatic rings. The summed E-state index contributed by atoms with van der Waals surface area (Å²) in [4.78, 5) is 17.9. The van der Waals surface area contributed by atoms with Gasteiger partial charge in [0.15, 0.2) is 5.89 Å². The molecule has 0 spiro atoms. The van der Waals surface area contributed by atoms with E-state index in [4.69, 9.17) is 16.0 Å². The van der Waals surface area contributed by atoms with Crippen molar-refractivity contribution in [1.29, 1.82) is 0 Å². The Balaban J connectivity index is 2.94. The van der Waals surface area contributed by atoms with Gasteiger partial charge in [0.05, 0.1) is 5.69 Å². The lowest BCUT2D eigenvalue weighted by molar-refractivity contribution is 0.0683. The third-order valence-electron chi connectivity index (χ3n) is 2.31. The van der Waals surface area contributed by atoms with Crippen LogP contribution in [0.3, 0.4) is 0 Å². The minimum absolute atomic E-state index is 0.0936. The molecule has 0 unspecified atom stereocenters. The summed E-state index contributed by atoms with van der Waals surface area (Å²) >= 11 is 5.68. The fraction of sp³-hybridized carbons (Fsp3) is 0.636. The Hall–Kier alpha value is -1.03. The number of carbonyl (C=O) groups excluding carboxylic acids is 1. The van der Waals surface area contributed by atoms with Crippen molar-refractivity contribution in [2.24, 2.45) is 0 Å². The Morgan fingerprint density at radius 1 is 1.50 bits per heavy atom. The molecule has 0 atom stereocenters. The van der Waals surface area contributed by atoms with E-state index in [9.17, 15) is 4.79 Å². The van der Waals surface area contributed by atoms with Crippen LogP contribution in [0.25, 0.3) is 0 Å². The molecule has 16 heavy (non-hydrogen) atoms. The van der Waals surface area contributed by atoms with Gasteiger partial charge in [-0.3, -0.25) is 4.79 Å². The summed E-state index contributed by atoms with van der Waals surface area (Å²) in [5, 5.41) is 0.